The number of carboxylic acid groups (broad SMARTS) is 1. The number of allylic oxidation sites excluding steroid dienone is 1. The second-order valence-corrected chi connectivity index (χ2v) is 7.86. The van der Waals surface area contributed by atoms with Crippen LogP contribution in [-0.2, 0) is 9.53 Å². The van der Waals surface area contributed by atoms with Crippen LogP contribution in [-0.4, -0.2) is 45.8 Å². The number of hydrogen-bond donors (Lipinski definition) is 3. The summed E-state index contributed by atoms with van der Waals surface area (Å²) in [5.74, 6) is -0.628. The molecule has 2 aliphatic carbocycles. The van der Waals surface area contributed by atoms with E-state index in [0.29, 0.717) is 12.3 Å². The number of halogens is 1. The molecule has 2 saturated carbocycles. The molecule has 5 nitrogen and oxygen atoms in total. The van der Waals surface area contributed by atoms with Crippen molar-refractivity contribution in [2.45, 2.75) is 75.9 Å². The zero-order chi connectivity index (χ0) is 18.7. The molecule has 0 aromatic carbocycles. The van der Waals surface area contributed by atoms with Crippen LogP contribution in [0.5, 0.6) is 0 Å². The summed E-state index contributed by atoms with van der Waals surface area (Å²) in [6.45, 7) is 0. The van der Waals surface area contributed by atoms with Gasteiger partial charge in [0.25, 0.3) is 0 Å². The third-order valence-corrected chi connectivity index (χ3v) is 6.01. The van der Waals surface area contributed by atoms with Crippen molar-refractivity contribution in [2.75, 3.05) is 0 Å². The molecule has 26 heavy (non-hydrogen) atoms. The Bertz CT molecular complexity index is 554. The molecule has 6 atom stereocenters. The Morgan fingerprint density at radius 3 is 2.81 bits per heavy atom. The number of ether oxygens (including phenoxy) is 1. The maximum Gasteiger partial charge on any atom is 0.303 e. The van der Waals surface area contributed by atoms with E-state index < -0.39 is 24.3 Å². The maximum atomic E-state index is 14.3. The molecule has 0 saturated heterocycles. The summed E-state index contributed by atoms with van der Waals surface area (Å²) in [5, 5.41) is 29.2. The van der Waals surface area contributed by atoms with Gasteiger partial charge in [-0.15, -0.1) is 0 Å². The average molecular weight is 368 g/mol. The van der Waals surface area contributed by atoms with E-state index in [1.165, 1.54) is 0 Å². The Hall–Kier alpha value is -1.40. The van der Waals surface area contributed by atoms with Gasteiger partial charge in [-0.05, 0) is 37.7 Å². The molecule has 0 radical (unpaired) electrons. The van der Waals surface area contributed by atoms with Crippen LogP contribution in [0.1, 0.15) is 51.4 Å². The second-order valence-electron chi connectivity index (χ2n) is 7.86. The molecule has 0 aromatic rings. The van der Waals surface area contributed by atoms with E-state index in [9.17, 15) is 19.4 Å². The molecule has 0 unspecified atom stereocenters. The maximum absolute atomic E-state index is 14.3. The standard InChI is InChI=1S/C20H29FO5/c21-15(6-3-7-20(24)25)19-10-14-13(17(23)11-18(14)26-19)8-9-16(22)12-4-1-2-5-12/h8-10,12-18,22-23H,1-7,11H2,(H,24,25)/b9-8+/t13-,14-,15+,16+,17-,18+/m1/s1. The molecule has 0 spiro atoms. The molecule has 3 rings (SSSR count). The monoisotopic (exact) mass is 368 g/mol. The van der Waals surface area contributed by atoms with Gasteiger partial charge in [0.15, 0.2) is 6.17 Å². The summed E-state index contributed by atoms with van der Waals surface area (Å²) in [6, 6.07) is 0. The van der Waals surface area contributed by atoms with Crippen LogP contribution in [0.4, 0.5) is 4.39 Å². The SMILES string of the molecule is O=C(O)CCC[C@H](F)C1=C[C@@H]2[C@@H](/C=C/[C@H](O)C3CCCC3)[C@H](O)C[C@@H]2O1. The minimum atomic E-state index is -1.30. The number of hydrogen-bond acceptors (Lipinski definition) is 4. The highest BCUT2D eigenvalue weighted by molar-refractivity contribution is 5.66. The first-order valence-electron chi connectivity index (χ1n) is 9.74. The van der Waals surface area contributed by atoms with Crippen molar-refractivity contribution in [1.29, 1.82) is 0 Å². The second kappa shape index (κ2) is 8.53. The lowest BCUT2D eigenvalue weighted by Crippen LogP contribution is -2.19. The molecule has 1 aliphatic heterocycles. The third kappa shape index (κ3) is 4.46. The quantitative estimate of drug-likeness (QED) is 0.574. The first-order chi connectivity index (χ1) is 12.5. The van der Waals surface area contributed by atoms with Crippen LogP contribution in [0.3, 0.4) is 0 Å². The van der Waals surface area contributed by atoms with Gasteiger partial charge < -0.3 is 20.1 Å². The van der Waals surface area contributed by atoms with Crippen molar-refractivity contribution in [1.82, 2.24) is 0 Å². The summed E-state index contributed by atoms with van der Waals surface area (Å²) in [7, 11) is 0. The average Bonchev–Trinajstić information content (AvgIpc) is 3.29. The number of rotatable bonds is 8. The van der Waals surface area contributed by atoms with Gasteiger partial charge in [-0.1, -0.05) is 25.0 Å². The first kappa shape index (κ1) is 19.4. The third-order valence-electron chi connectivity index (χ3n) is 6.01. The molecule has 0 bridgehead atoms. The topological polar surface area (TPSA) is 87.0 Å². The molecule has 3 aliphatic rings. The predicted octanol–water partition coefficient (Wildman–Crippen LogP) is 2.97. The van der Waals surface area contributed by atoms with Gasteiger partial charge in [-0.3, -0.25) is 4.79 Å². The van der Waals surface area contributed by atoms with Crippen molar-refractivity contribution < 1.29 is 29.2 Å². The fourth-order valence-corrected chi connectivity index (χ4v) is 4.51. The number of carboxylic acids is 1. The smallest absolute Gasteiger partial charge is 0.303 e. The zero-order valence-electron chi connectivity index (χ0n) is 15.0. The summed E-state index contributed by atoms with van der Waals surface area (Å²) in [6.07, 6.45) is 8.02. The number of carbonyl (C=O) groups is 1. The highest BCUT2D eigenvalue weighted by Gasteiger charge is 2.46. The van der Waals surface area contributed by atoms with Crippen LogP contribution < -0.4 is 0 Å². The van der Waals surface area contributed by atoms with Gasteiger partial charge in [0.2, 0.25) is 0 Å². The highest BCUT2D eigenvalue weighted by Crippen LogP contribution is 2.43. The Morgan fingerprint density at radius 1 is 1.38 bits per heavy atom. The van der Waals surface area contributed by atoms with Crippen molar-refractivity contribution in [3.63, 3.8) is 0 Å². The summed E-state index contributed by atoms with van der Waals surface area (Å²) in [4.78, 5) is 10.5. The Balaban J connectivity index is 1.58. The van der Waals surface area contributed by atoms with Crippen molar-refractivity contribution >= 4 is 5.97 Å². The number of aliphatic hydroxyl groups excluding tert-OH is 2. The van der Waals surface area contributed by atoms with Gasteiger partial charge >= 0.3 is 5.97 Å². The van der Waals surface area contributed by atoms with Crippen LogP contribution >= 0.6 is 0 Å². The molecule has 0 aromatic heterocycles. The van der Waals surface area contributed by atoms with Crippen LogP contribution in [0.15, 0.2) is 24.0 Å². The summed E-state index contributed by atoms with van der Waals surface area (Å²) < 4.78 is 20.0. The largest absolute Gasteiger partial charge is 0.491 e. The lowest BCUT2D eigenvalue weighted by Gasteiger charge is -2.17. The van der Waals surface area contributed by atoms with Gasteiger partial charge in [0.05, 0.1) is 12.2 Å². The first-order valence-corrected chi connectivity index (χ1v) is 9.74. The van der Waals surface area contributed by atoms with E-state index in [-0.39, 0.29) is 43.0 Å². The van der Waals surface area contributed by atoms with Gasteiger partial charge in [-0.25, -0.2) is 4.39 Å². The van der Waals surface area contributed by atoms with E-state index in [4.69, 9.17) is 9.84 Å². The van der Waals surface area contributed by atoms with Crippen molar-refractivity contribution in [2.24, 2.45) is 17.8 Å². The fourth-order valence-electron chi connectivity index (χ4n) is 4.51. The normalized spacial score (nSPS) is 33.9. The number of aliphatic hydroxyl groups is 2. The Labute approximate surface area is 153 Å². The van der Waals surface area contributed by atoms with E-state index in [0.717, 1.165) is 25.7 Å². The minimum Gasteiger partial charge on any atom is -0.491 e. The number of fused-ring (bicyclic) bond motifs is 1. The van der Waals surface area contributed by atoms with Crippen LogP contribution in [0, 0.1) is 17.8 Å². The molecule has 0 amide bonds. The van der Waals surface area contributed by atoms with Gasteiger partial charge in [0, 0.05) is 24.7 Å². The van der Waals surface area contributed by atoms with E-state index in [1.807, 2.05) is 6.08 Å². The van der Waals surface area contributed by atoms with Gasteiger partial charge in [0.1, 0.15) is 11.9 Å². The van der Waals surface area contributed by atoms with Crippen molar-refractivity contribution in [3.8, 4) is 0 Å². The number of aliphatic carboxylic acids is 1. The van der Waals surface area contributed by atoms with Gasteiger partial charge in [-0.2, -0.15) is 0 Å². The van der Waals surface area contributed by atoms with E-state index >= 15 is 0 Å². The highest BCUT2D eigenvalue weighted by atomic mass is 19.1. The lowest BCUT2D eigenvalue weighted by atomic mass is 9.91. The molecular formula is C20H29FO5. The molecule has 6 heteroatoms. The molecular weight excluding hydrogens is 339 g/mol. The van der Waals surface area contributed by atoms with E-state index in [1.54, 1.807) is 12.2 Å². The Morgan fingerprint density at radius 2 is 2.12 bits per heavy atom. The number of alkyl halides is 1. The molecule has 3 N–H and O–H groups in total. The van der Waals surface area contributed by atoms with Crippen LogP contribution in [0.2, 0.25) is 0 Å². The van der Waals surface area contributed by atoms with E-state index in [2.05, 4.69) is 0 Å². The van der Waals surface area contributed by atoms with Crippen molar-refractivity contribution in [3.05, 3.63) is 24.0 Å². The Kier molecular flexibility index (Phi) is 6.35. The summed E-state index contributed by atoms with van der Waals surface area (Å²) >= 11 is 0. The summed E-state index contributed by atoms with van der Waals surface area (Å²) in [5.41, 5.74) is 0. The molecule has 1 heterocycles. The lowest BCUT2D eigenvalue weighted by molar-refractivity contribution is -0.137. The molecule has 2 fully saturated rings. The minimum absolute atomic E-state index is 0.0519. The molecule has 146 valence electrons. The zero-order valence-corrected chi connectivity index (χ0v) is 15.0. The predicted molar refractivity (Wildman–Crippen MR) is 94.0 cm³/mol. The van der Waals surface area contributed by atoms with Crippen LogP contribution in [0.25, 0.3) is 0 Å². The fraction of sp³-hybridized carbons (Fsp3) is 0.750.